The third kappa shape index (κ3) is 3.09. The number of nitrogens with zero attached hydrogens (tertiary/aromatic N) is 2. The SMILES string of the molecule is CC(=O)N(CC(=O)N1c2ccccc2CC1C)C(C)(C)C. The van der Waals surface area contributed by atoms with E-state index in [9.17, 15) is 9.59 Å². The Morgan fingerprint density at radius 2 is 1.90 bits per heavy atom. The molecule has 1 aliphatic heterocycles. The van der Waals surface area contributed by atoms with E-state index in [-0.39, 0.29) is 29.9 Å². The number of benzene rings is 1. The van der Waals surface area contributed by atoms with Crippen LogP contribution in [0.2, 0.25) is 0 Å². The fourth-order valence-corrected chi connectivity index (χ4v) is 2.98. The number of hydrogen-bond acceptors (Lipinski definition) is 2. The molecule has 0 saturated carbocycles. The molecule has 4 nitrogen and oxygen atoms in total. The van der Waals surface area contributed by atoms with Gasteiger partial charge in [-0.25, -0.2) is 0 Å². The first-order valence-corrected chi connectivity index (χ1v) is 7.40. The van der Waals surface area contributed by atoms with Crippen molar-refractivity contribution in [1.82, 2.24) is 4.90 Å². The van der Waals surface area contributed by atoms with Gasteiger partial charge in [0.25, 0.3) is 0 Å². The zero-order valence-electron chi connectivity index (χ0n) is 13.5. The van der Waals surface area contributed by atoms with Gasteiger partial charge in [-0.1, -0.05) is 18.2 Å². The molecule has 1 atom stereocenters. The van der Waals surface area contributed by atoms with Gasteiger partial charge >= 0.3 is 0 Å². The lowest BCUT2D eigenvalue weighted by Crippen LogP contribution is -2.51. The number of amides is 2. The van der Waals surface area contributed by atoms with E-state index in [0.717, 1.165) is 12.1 Å². The van der Waals surface area contributed by atoms with Crippen LogP contribution in [0.15, 0.2) is 24.3 Å². The number of para-hydroxylation sites is 1. The molecule has 1 aromatic rings. The molecule has 0 spiro atoms. The van der Waals surface area contributed by atoms with Crippen molar-refractivity contribution >= 4 is 17.5 Å². The van der Waals surface area contributed by atoms with Crippen LogP contribution in [-0.2, 0) is 16.0 Å². The summed E-state index contributed by atoms with van der Waals surface area (Å²) in [6.07, 6.45) is 0.873. The molecule has 0 aromatic heterocycles. The van der Waals surface area contributed by atoms with Gasteiger partial charge in [-0.05, 0) is 45.7 Å². The van der Waals surface area contributed by atoms with Gasteiger partial charge in [0.2, 0.25) is 11.8 Å². The second kappa shape index (κ2) is 5.51. The lowest BCUT2D eigenvalue weighted by molar-refractivity contribution is -0.138. The second-order valence-electron chi connectivity index (χ2n) is 6.72. The van der Waals surface area contributed by atoms with Crippen LogP contribution in [0, 0.1) is 0 Å². The number of carbonyl (C=O) groups is 2. The molecule has 1 heterocycles. The van der Waals surface area contributed by atoms with Crippen LogP contribution in [0.25, 0.3) is 0 Å². The van der Waals surface area contributed by atoms with Crippen LogP contribution in [0.4, 0.5) is 5.69 Å². The van der Waals surface area contributed by atoms with Crippen molar-refractivity contribution in [2.75, 3.05) is 11.4 Å². The molecular formula is C17H24N2O2. The van der Waals surface area contributed by atoms with Gasteiger partial charge in [0, 0.05) is 24.2 Å². The molecular weight excluding hydrogens is 264 g/mol. The molecule has 2 amide bonds. The first-order chi connectivity index (χ1) is 9.71. The van der Waals surface area contributed by atoms with Crippen LogP contribution in [0.3, 0.4) is 0 Å². The summed E-state index contributed by atoms with van der Waals surface area (Å²) < 4.78 is 0. The summed E-state index contributed by atoms with van der Waals surface area (Å²) in [7, 11) is 0. The van der Waals surface area contributed by atoms with Crippen molar-refractivity contribution in [2.45, 2.75) is 52.6 Å². The van der Waals surface area contributed by atoms with E-state index in [2.05, 4.69) is 6.07 Å². The number of anilines is 1. The van der Waals surface area contributed by atoms with Crippen molar-refractivity contribution < 1.29 is 9.59 Å². The van der Waals surface area contributed by atoms with E-state index < -0.39 is 0 Å². The molecule has 1 aliphatic rings. The standard InChI is InChI=1S/C17H24N2O2/c1-12-10-14-8-6-7-9-15(14)19(12)16(21)11-18(13(2)20)17(3,4)5/h6-9,12H,10-11H2,1-5H3. The third-order valence-corrected chi connectivity index (χ3v) is 3.96. The summed E-state index contributed by atoms with van der Waals surface area (Å²) in [5.74, 6) is -0.0893. The van der Waals surface area contributed by atoms with Crippen LogP contribution < -0.4 is 4.90 Å². The van der Waals surface area contributed by atoms with E-state index in [1.54, 1.807) is 4.90 Å². The molecule has 0 fully saturated rings. The highest BCUT2D eigenvalue weighted by Crippen LogP contribution is 2.32. The zero-order chi connectivity index (χ0) is 15.8. The number of rotatable bonds is 2. The normalized spacial score (nSPS) is 17.6. The Morgan fingerprint density at radius 3 is 2.48 bits per heavy atom. The molecule has 1 unspecified atom stereocenters. The number of carbonyl (C=O) groups excluding carboxylic acids is 2. The fourth-order valence-electron chi connectivity index (χ4n) is 2.98. The molecule has 0 aliphatic carbocycles. The third-order valence-electron chi connectivity index (χ3n) is 3.96. The van der Waals surface area contributed by atoms with Crippen LogP contribution in [0.5, 0.6) is 0 Å². The minimum atomic E-state index is -0.357. The molecule has 0 bridgehead atoms. The highest BCUT2D eigenvalue weighted by atomic mass is 16.2. The highest BCUT2D eigenvalue weighted by molar-refractivity contribution is 5.99. The van der Waals surface area contributed by atoms with Gasteiger partial charge in [-0.2, -0.15) is 0 Å². The smallest absolute Gasteiger partial charge is 0.246 e. The van der Waals surface area contributed by atoms with Crippen LogP contribution in [0.1, 0.15) is 40.2 Å². The van der Waals surface area contributed by atoms with Crippen molar-refractivity contribution in [3.05, 3.63) is 29.8 Å². The lowest BCUT2D eigenvalue weighted by Gasteiger charge is -2.36. The molecule has 2 rings (SSSR count). The lowest BCUT2D eigenvalue weighted by atomic mass is 10.1. The zero-order valence-corrected chi connectivity index (χ0v) is 13.5. The van der Waals surface area contributed by atoms with E-state index >= 15 is 0 Å². The summed E-state index contributed by atoms with van der Waals surface area (Å²) in [6.45, 7) is 9.53. The summed E-state index contributed by atoms with van der Waals surface area (Å²) in [5.41, 5.74) is 1.82. The Morgan fingerprint density at radius 1 is 1.29 bits per heavy atom. The van der Waals surface area contributed by atoms with E-state index in [4.69, 9.17) is 0 Å². The quantitative estimate of drug-likeness (QED) is 0.839. The van der Waals surface area contributed by atoms with E-state index in [1.807, 2.05) is 50.8 Å². The first-order valence-electron chi connectivity index (χ1n) is 7.40. The molecule has 0 saturated heterocycles. The molecule has 1 aromatic carbocycles. The van der Waals surface area contributed by atoms with Crippen LogP contribution >= 0.6 is 0 Å². The van der Waals surface area contributed by atoms with Gasteiger partial charge < -0.3 is 9.80 Å². The Kier molecular flexibility index (Phi) is 4.08. The predicted molar refractivity (Wildman–Crippen MR) is 84.2 cm³/mol. The van der Waals surface area contributed by atoms with Gasteiger partial charge in [0.05, 0.1) is 0 Å². The largest absolute Gasteiger partial charge is 0.329 e. The molecule has 0 radical (unpaired) electrons. The summed E-state index contributed by atoms with van der Waals surface area (Å²) in [4.78, 5) is 28.0. The van der Waals surface area contributed by atoms with Gasteiger partial charge in [0.1, 0.15) is 6.54 Å². The molecule has 21 heavy (non-hydrogen) atoms. The first kappa shape index (κ1) is 15.5. The van der Waals surface area contributed by atoms with Crippen molar-refractivity contribution in [3.63, 3.8) is 0 Å². The van der Waals surface area contributed by atoms with Crippen LogP contribution in [-0.4, -0.2) is 34.8 Å². The van der Waals surface area contributed by atoms with Crippen molar-refractivity contribution in [1.29, 1.82) is 0 Å². The minimum absolute atomic E-state index is 0.0161. The minimum Gasteiger partial charge on any atom is -0.329 e. The molecule has 4 heteroatoms. The van der Waals surface area contributed by atoms with Crippen molar-refractivity contribution in [2.24, 2.45) is 0 Å². The van der Waals surface area contributed by atoms with Crippen molar-refractivity contribution in [3.8, 4) is 0 Å². The van der Waals surface area contributed by atoms with E-state index in [1.165, 1.54) is 12.5 Å². The topological polar surface area (TPSA) is 40.6 Å². The Bertz CT molecular complexity index is 560. The average Bonchev–Trinajstić information content (AvgIpc) is 2.69. The Hall–Kier alpha value is -1.84. The van der Waals surface area contributed by atoms with Gasteiger partial charge in [-0.15, -0.1) is 0 Å². The maximum absolute atomic E-state index is 12.7. The number of hydrogen-bond donors (Lipinski definition) is 0. The monoisotopic (exact) mass is 288 g/mol. The van der Waals surface area contributed by atoms with Gasteiger partial charge in [-0.3, -0.25) is 9.59 Å². The molecule has 114 valence electrons. The predicted octanol–water partition coefficient (Wildman–Crippen LogP) is 2.61. The van der Waals surface area contributed by atoms with Gasteiger partial charge in [0.15, 0.2) is 0 Å². The second-order valence-corrected chi connectivity index (χ2v) is 6.72. The summed E-state index contributed by atoms with van der Waals surface area (Å²) >= 11 is 0. The molecule has 0 N–H and O–H groups in total. The summed E-state index contributed by atoms with van der Waals surface area (Å²) in [5, 5.41) is 0. The highest BCUT2D eigenvalue weighted by Gasteiger charge is 2.34. The maximum atomic E-state index is 12.7. The summed E-state index contributed by atoms with van der Waals surface area (Å²) in [6, 6.07) is 8.13. The fraction of sp³-hybridized carbons (Fsp3) is 0.529. The maximum Gasteiger partial charge on any atom is 0.246 e. The number of fused-ring (bicyclic) bond motifs is 1. The van der Waals surface area contributed by atoms with E-state index in [0.29, 0.717) is 0 Å². The Balaban J connectivity index is 2.23. The average molecular weight is 288 g/mol. The Labute approximate surface area is 126 Å².